The van der Waals surface area contributed by atoms with Crippen LogP contribution in [0, 0.1) is 0 Å². The Hall–Kier alpha value is -1.23. The molecule has 88 valence electrons. The molecule has 0 atom stereocenters. The second-order valence-electron chi connectivity index (χ2n) is 3.03. The predicted octanol–water partition coefficient (Wildman–Crippen LogP) is 2.47. The van der Waals surface area contributed by atoms with Gasteiger partial charge in [0.15, 0.2) is 0 Å². The fourth-order valence-corrected chi connectivity index (χ4v) is 1.39. The van der Waals surface area contributed by atoms with Crippen molar-refractivity contribution in [1.29, 1.82) is 0 Å². The van der Waals surface area contributed by atoms with E-state index in [-0.39, 0.29) is 29.3 Å². The van der Waals surface area contributed by atoms with E-state index in [9.17, 15) is 13.6 Å². The highest BCUT2D eigenvalue weighted by atomic mass is 35.5. The van der Waals surface area contributed by atoms with E-state index in [4.69, 9.17) is 11.6 Å². The zero-order valence-corrected chi connectivity index (χ0v) is 9.30. The molecule has 6 heteroatoms. The lowest BCUT2D eigenvalue weighted by atomic mass is 10.1. The summed E-state index contributed by atoms with van der Waals surface area (Å²) in [5, 5.41) is 0. The number of carbonyl (C=O) groups is 1. The van der Waals surface area contributed by atoms with Crippen molar-refractivity contribution in [2.24, 2.45) is 0 Å². The first-order valence-corrected chi connectivity index (χ1v) is 5.01. The van der Waals surface area contributed by atoms with E-state index in [1.54, 1.807) is 0 Å². The molecule has 16 heavy (non-hydrogen) atoms. The van der Waals surface area contributed by atoms with Gasteiger partial charge in [-0.3, -0.25) is 9.78 Å². The summed E-state index contributed by atoms with van der Waals surface area (Å²) in [5.41, 5.74) is 0.137. The quantitative estimate of drug-likeness (QED) is 0.608. The van der Waals surface area contributed by atoms with Gasteiger partial charge in [0.1, 0.15) is 5.69 Å². The molecular formula is C10H10ClF2NO2. The fourth-order valence-electron chi connectivity index (χ4n) is 1.17. The van der Waals surface area contributed by atoms with E-state index in [0.717, 1.165) is 0 Å². The van der Waals surface area contributed by atoms with Crippen LogP contribution in [0.4, 0.5) is 8.78 Å². The zero-order chi connectivity index (χ0) is 12.1. The molecule has 1 heterocycles. The molecule has 0 spiro atoms. The second-order valence-corrected chi connectivity index (χ2v) is 3.30. The molecule has 1 aromatic rings. The molecule has 0 bridgehead atoms. The number of aromatic nitrogens is 1. The maximum atomic E-state index is 12.6. The molecule has 0 aromatic carbocycles. The van der Waals surface area contributed by atoms with E-state index < -0.39 is 12.4 Å². The SMILES string of the molecule is COC(=O)Cc1ccc(CCl)c(C(F)F)n1. The number of halogens is 3. The van der Waals surface area contributed by atoms with Crippen LogP contribution < -0.4 is 0 Å². The summed E-state index contributed by atoms with van der Waals surface area (Å²) < 4.78 is 29.6. The Labute approximate surface area is 96.4 Å². The molecule has 1 aromatic heterocycles. The normalized spacial score (nSPS) is 10.6. The van der Waals surface area contributed by atoms with Gasteiger partial charge in [-0.15, -0.1) is 11.6 Å². The smallest absolute Gasteiger partial charge is 0.311 e. The maximum absolute atomic E-state index is 12.6. The largest absolute Gasteiger partial charge is 0.469 e. The van der Waals surface area contributed by atoms with Gasteiger partial charge >= 0.3 is 5.97 Å². The number of nitrogens with zero attached hydrogens (tertiary/aromatic N) is 1. The van der Waals surface area contributed by atoms with Crippen molar-refractivity contribution < 1.29 is 18.3 Å². The summed E-state index contributed by atoms with van der Waals surface area (Å²) in [4.78, 5) is 14.6. The lowest BCUT2D eigenvalue weighted by Crippen LogP contribution is -2.08. The Morgan fingerprint density at radius 3 is 2.75 bits per heavy atom. The van der Waals surface area contributed by atoms with Crippen LogP contribution in [-0.2, 0) is 21.8 Å². The van der Waals surface area contributed by atoms with E-state index in [1.807, 2.05) is 0 Å². The first-order valence-electron chi connectivity index (χ1n) is 4.48. The molecule has 3 nitrogen and oxygen atoms in total. The lowest BCUT2D eigenvalue weighted by Gasteiger charge is -2.07. The average Bonchev–Trinajstić information content (AvgIpc) is 2.28. The third kappa shape index (κ3) is 3.13. The number of ether oxygens (including phenoxy) is 1. The van der Waals surface area contributed by atoms with Crippen LogP contribution in [0.15, 0.2) is 12.1 Å². The van der Waals surface area contributed by atoms with Gasteiger partial charge in [-0.1, -0.05) is 6.07 Å². The minimum atomic E-state index is -2.70. The highest BCUT2D eigenvalue weighted by Gasteiger charge is 2.16. The van der Waals surface area contributed by atoms with Crippen molar-refractivity contribution in [1.82, 2.24) is 4.98 Å². The van der Waals surface area contributed by atoms with Gasteiger partial charge in [0.25, 0.3) is 6.43 Å². The summed E-state index contributed by atoms with van der Waals surface area (Å²) in [6.45, 7) is 0. The molecule has 0 aliphatic rings. The van der Waals surface area contributed by atoms with Crippen molar-refractivity contribution in [2.75, 3.05) is 7.11 Å². The number of hydrogen-bond acceptors (Lipinski definition) is 3. The topological polar surface area (TPSA) is 39.2 Å². The highest BCUT2D eigenvalue weighted by molar-refractivity contribution is 6.17. The summed E-state index contributed by atoms with van der Waals surface area (Å²) in [6, 6.07) is 2.93. The molecule has 0 fully saturated rings. The van der Waals surface area contributed by atoms with Crippen LogP contribution in [0.1, 0.15) is 23.4 Å². The first kappa shape index (κ1) is 12.8. The molecule has 0 saturated heterocycles. The van der Waals surface area contributed by atoms with E-state index in [2.05, 4.69) is 9.72 Å². The van der Waals surface area contributed by atoms with Gasteiger partial charge in [0.05, 0.1) is 19.2 Å². The summed E-state index contributed by atoms with van der Waals surface area (Å²) in [6.07, 6.45) is -2.83. The number of pyridine rings is 1. The van der Waals surface area contributed by atoms with Gasteiger partial charge in [0.2, 0.25) is 0 Å². The van der Waals surface area contributed by atoms with Crippen LogP contribution >= 0.6 is 11.6 Å². The Balaban J connectivity index is 2.97. The Morgan fingerprint density at radius 2 is 2.25 bits per heavy atom. The van der Waals surface area contributed by atoms with Crippen molar-refractivity contribution in [3.8, 4) is 0 Å². The van der Waals surface area contributed by atoms with Gasteiger partial charge in [-0.05, 0) is 11.6 Å². The second kappa shape index (κ2) is 5.75. The minimum Gasteiger partial charge on any atom is -0.469 e. The van der Waals surface area contributed by atoms with Crippen molar-refractivity contribution in [3.05, 3.63) is 29.1 Å². The van der Waals surface area contributed by atoms with Crippen molar-refractivity contribution in [2.45, 2.75) is 18.7 Å². The van der Waals surface area contributed by atoms with E-state index in [1.165, 1.54) is 19.2 Å². The summed E-state index contributed by atoms with van der Waals surface area (Å²) >= 11 is 5.50. The standard InChI is InChI=1S/C10H10ClF2NO2/c1-16-8(15)4-7-3-2-6(5-11)9(14-7)10(12)13/h2-3,10H,4-5H2,1H3. The van der Waals surface area contributed by atoms with Gasteiger partial charge < -0.3 is 4.74 Å². The number of alkyl halides is 3. The molecule has 0 N–H and O–H groups in total. The molecule has 0 radical (unpaired) electrons. The molecule has 0 amide bonds. The molecule has 1 rings (SSSR count). The minimum absolute atomic E-state index is 0.0365. The molecule has 0 aliphatic carbocycles. The predicted molar refractivity (Wildman–Crippen MR) is 54.5 cm³/mol. The molecule has 0 unspecified atom stereocenters. The van der Waals surface area contributed by atoms with Crippen molar-refractivity contribution in [3.63, 3.8) is 0 Å². The van der Waals surface area contributed by atoms with Crippen LogP contribution in [-0.4, -0.2) is 18.1 Å². The maximum Gasteiger partial charge on any atom is 0.311 e. The van der Waals surface area contributed by atoms with Gasteiger partial charge in [-0.2, -0.15) is 0 Å². The first-order chi connectivity index (χ1) is 7.58. The monoisotopic (exact) mass is 249 g/mol. The summed E-state index contributed by atoms with van der Waals surface area (Å²) in [5.74, 6) is -0.558. The fraction of sp³-hybridized carbons (Fsp3) is 0.400. The third-order valence-corrected chi connectivity index (χ3v) is 2.26. The van der Waals surface area contributed by atoms with Crippen LogP contribution in [0.25, 0.3) is 0 Å². The Morgan fingerprint density at radius 1 is 1.56 bits per heavy atom. The lowest BCUT2D eigenvalue weighted by molar-refractivity contribution is -0.139. The Kier molecular flexibility index (Phi) is 4.61. The number of esters is 1. The number of methoxy groups -OCH3 is 1. The highest BCUT2D eigenvalue weighted by Crippen LogP contribution is 2.22. The molecular weight excluding hydrogens is 240 g/mol. The molecule has 0 saturated carbocycles. The van der Waals surface area contributed by atoms with E-state index >= 15 is 0 Å². The third-order valence-electron chi connectivity index (χ3n) is 1.97. The van der Waals surface area contributed by atoms with Crippen molar-refractivity contribution >= 4 is 17.6 Å². The number of carbonyl (C=O) groups excluding carboxylic acids is 1. The molecule has 0 aliphatic heterocycles. The van der Waals surface area contributed by atoms with Crippen LogP contribution in [0.5, 0.6) is 0 Å². The number of hydrogen-bond donors (Lipinski definition) is 0. The summed E-state index contributed by atoms with van der Waals surface area (Å²) in [7, 11) is 1.23. The van der Waals surface area contributed by atoms with Crippen LogP contribution in [0.2, 0.25) is 0 Å². The van der Waals surface area contributed by atoms with E-state index in [0.29, 0.717) is 0 Å². The number of rotatable bonds is 4. The Bertz CT molecular complexity index is 385. The average molecular weight is 250 g/mol. The zero-order valence-electron chi connectivity index (χ0n) is 8.54. The van der Waals surface area contributed by atoms with Gasteiger partial charge in [-0.25, -0.2) is 8.78 Å². The van der Waals surface area contributed by atoms with Crippen LogP contribution in [0.3, 0.4) is 0 Å². The van der Waals surface area contributed by atoms with Gasteiger partial charge in [0, 0.05) is 5.88 Å².